The number of amides is 1. The Morgan fingerprint density at radius 2 is 1.83 bits per heavy atom. The van der Waals surface area contributed by atoms with Gasteiger partial charge in [-0.1, -0.05) is 18.2 Å². The molecule has 0 bridgehead atoms. The predicted molar refractivity (Wildman–Crippen MR) is 90.2 cm³/mol. The summed E-state index contributed by atoms with van der Waals surface area (Å²) in [5.41, 5.74) is 0.461. The lowest BCUT2D eigenvalue weighted by molar-refractivity contribution is -0.141. The monoisotopic (exact) mass is 335 g/mol. The van der Waals surface area contributed by atoms with Crippen LogP contribution in [0, 0.1) is 5.82 Å². The fraction of sp³-hybridized carbons (Fsp3) is 0.611. The highest BCUT2D eigenvalue weighted by molar-refractivity contribution is 5.83. The normalized spacial score (nSPS) is 27.0. The van der Waals surface area contributed by atoms with Crippen molar-refractivity contribution in [1.82, 2.24) is 15.1 Å². The number of benzene rings is 1. The number of piperazine rings is 1. The van der Waals surface area contributed by atoms with Gasteiger partial charge in [0.15, 0.2) is 0 Å². The van der Waals surface area contributed by atoms with Crippen LogP contribution in [0.3, 0.4) is 0 Å². The Morgan fingerprint density at radius 1 is 1.21 bits per heavy atom. The van der Waals surface area contributed by atoms with Gasteiger partial charge in [-0.3, -0.25) is 9.69 Å². The lowest BCUT2D eigenvalue weighted by Gasteiger charge is -2.41. The number of hydrogen-bond acceptors (Lipinski definition) is 4. The van der Waals surface area contributed by atoms with E-state index in [2.05, 4.69) is 19.2 Å². The number of hydrogen-bond donors (Lipinski definition) is 1. The van der Waals surface area contributed by atoms with Crippen LogP contribution >= 0.6 is 0 Å². The van der Waals surface area contributed by atoms with Gasteiger partial charge in [-0.15, -0.1) is 0 Å². The smallest absolute Gasteiger partial charge is 0.244 e. The molecule has 0 saturated carbocycles. The number of rotatable bonds is 3. The maximum Gasteiger partial charge on any atom is 0.244 e. The number of morpholine rings is 1. The summed E-state index contributed by atoms with van der Waals surface area (Å²) in [6.07, 6.45) is 0. The first kappa shape index (κ1) is 17.3. The molecule has 132 valence electrons. The predicted octanol–water partition coefficient (Wildman–Crippen LogP) is 1.41. The van der Waals surface area contributed by atoms with Gasteiger partial charge >= 0.3 is 0 Å². The number of carbonyl (C=O) groups is 1. The minimum Gasteiger partial charge on any atom is -0.379 e. The molecule has 1 N–H and O–H groups in total. The molecule has 1 amide bonds. The summed E-state index contributed by atoms with van der Waals surface area (Å²) < 4.78 is 19.8. The van der Waals surface area contributed by atoms with Crippen LogP contribution in [0.5, 0.6) is 0 Å². The van der Waals surface area contributed by atoms with E-state index in [0.717, 1.165) is 0 Å². The Bertz CT molecular complexity index is 567. The molecular weight excluding hydrogens is 309 g/mol. The molecule has 0 unspecified atom stereocenters. The molecule has 24 heavy (non-hydrogen) atoms. The van der Waals surface area contributed by atoms with E-state index in [4.69, 9.17) is 4.74 Å². The molecule has 2 fully saturated rings. The largest absolute Gasteiger partial charge is 0.379 e. The van der Waals surface area contributed by atoms with Crippen molar-refractivity contribution >= 4 is 5.91 Å². The zero-order valence-electron chi connectivity index (χ0n) is 14.4. The Balaban J connectivity index is 1.89. The summed E-state index contributed by atoms with van der Waals surface area (Å²) in [7, 11) is 0. The van der Waals surface area contributed by atoms with Crippen molar-refractivity contribution in [1.29, 1.82) is 0 Å². The molecule has 0 aliphatic carbocycles. The van der Waals surface area contributed by atoms with Gasteiger partial charge in [0.05, 0.1) is 13.2 Å². The third-order valence-corrected chi connectivity index (χ3v) is 4.71. The van der Waals surface area contributed by atoms with E-state index in [0.29, 0.717) is 45.0 Å². The average Bonchev–Trinajstić information content (AvgIpc) is 2.57. The van der Waals surface area contributed by atoms with E-state index >= 15 is 0 Å². The van der Waals surface area contributed by atoms with Crippen LogP contribution in [0.15, 0.2) is 24.3 Å². The van der Waals surface area contributed by atoms with E-state index in [9.17, 15) is 9.18 Å². The highest BCUT2D eigenvalue weighted by Crippen LogP contribution is 2.27. The Kier molecular flexibility index (Phi) is 5.48. The van der Waals surface area contributed by atoms with Gasteiger partial charge < -0.3 is 15.0 Å². The molecule has 2 saturated heterocycles. The SMILES string of the molecule is C[C@@H]1CN(C(=O)[C@@H](c2ccccc2F)N2CCOCC2)C[C@@H](C)N1. The molecule has 2 aliphatic heterocycles. The minimum atomic E-state index is -0.576. The van der Waals surface area contributed by atoms with E-state index in [1.807, 2.05) is 9.80 Å². The van der Waals surface area contributed by atoms with Crippen molar-refractivity contribution < 1.29 is 13.9 Å². The second-order valence-corrected chi connectivity index (χ2v) is 6.78. The van der Waals surface area contributed by atoms with Gasteiger partial charge in [0, 0.05) is 43.8 Å². The average molecular weight is 335 g/mol. The first-order valence-electron chi connectivity index (χ1n) is 8.67. The number of nitrogens with zero attached hydrogens (tertiary/aromatic N) is 2. The maximum absolute atomic E-state index is 14.4. The van der Waals surface area contributed by atoms with Gasteiger partial charge in [0.2, 0.25) is 5.91 Å². The summed E-state index contributed by atoms with van der Waals surface area (Å²) in [6.45, 7) is 7.88. The van der Waals surface area contributed by atoms with Crippen molar-refractivity contribution in [2.75, 3.05) is 39.4 Å². The summed E-state index contributed by atoms with van der Waals surface area (Å²) in [4.78, 5) is 17.2. The Labute approximate surface area is 142 Å². The summed E-state index contributed by atoms with van der Waals surface area (Å²) in [5, 5.41) is 3.43. The van der Waals surface area contributed by atoms with Gasteiger partial charge in [-0.05, 0) is 19.9 Å². The van der Waals surface area contributed by atoms with Crippen molar-refractivity contribution in [2.45, 2.75) is 32.0 Å². The molecule has 3 rings (SSSR count). The van der Waals surface area contributed by atoms with E-state index in [1.165, 1.54) is 6.07 Å². The minimum absolute atomic E-state index is 0.0119. The molecule has 0 aromatic heterocycles. The van der Waals surface area contributed by atoms with Crippen molar-refractivity contribution in [2.24, 2.45) is 0 Å². The molecular formula is C18H26FN3O2. The molecule has 0 radical (unpaired) electrons. The van der Waals surface area contributed by atoms with Crippen molar-refractivity contribution in [3.8, 4) is 0 Å². The van der Waals surface area contributed by atoms with Gasteiger partial charge in [0.25, 0.3) is 0 Å². The quantitative estimate of drug-likeness (QED) is 0.907. The van der Waals surface area contributed by atoms with Gasteiger partial charge in [-0.25, -0.2) is 4.39 Å². The van der Waals surface area contributed by atoms with Gasteiger partial charge in [0.1, 0.15) is 11.9 Å². The van der Waals surface area contributed by atoms with E-state index in [1.54, 1.807) is 18.2 Å². The fourth-order valence-electron chi connectivity index (χ4n) is 3.70. The third kappa shape index (κ3) is 3.77. The standard InChI is InChI=1S/C18H26FN3O2/c1-13-11-22(12-14(2)20-13)18(23)17(21-7-9-24-10-8-21)15-5-3-4-6-16(15)19/h3-6,13-14,17,20H,7-12H2,1-2H3/t13-,14-,17-/m1/s1. The molecule has 6 heteroatoms. The molecule has 1 aromatic carbocycles. The zero-order valence-corrected chi connectivity index (χ0v) is 14.4. The first-order chi connectivity index (χ1) is 11.6. The van der Waals surface area contributed by atoms with Crippen molar-refractivity contribution in [3.63, 3.8) is 0 Å². The fourth-order valence-corrected chi connectivity index (χ4v) is 3.70. The lowest BCUT2D eigenvalue weighted by Crippen LogP contribution is -2.58. The molecule has 2 heterocycles. The van der Waals surface area contributed by atoms with Crippen LogP contribution in [-0.2, 0) is 9.53 Å². The van der Waals surface area contributed by atoms with Crippen LogP contribution in [0.1, 0.15) is 25.5 Å². The zero-order chi connectivity index (χ0) is 17.1. The second kappa shape index (κ2) is 7.59. The van der Waals surface area contributed by atoms with Crippen LogP contribution in [0.4, 0.5) is 4.39 Å². The molecule has 3 atom stereocenters. The highest BCUT2D eigenvalue weighted by atomic mass is 19.1. The number of nitrogens with one attached hydrogen (secondary N) is 1. The molecule has 0 spiro atoms. The Morgan fingerprint density at radius 3 is 2.46 bits per heavy atom. The van der Waals surface area contributed by atoms with Crippen LogP contribution in [0.2, 0.25) is 0 Å². The van der Waals surface area contributed by atoms with Gasteiger partial charge in [-0.2, -0.15) is 0 Å². The topological polar surface area (TPSA) is 44.8 Å². The number of ether oxygens (including phenoxy) is 1. The number of carbonyl (C=O) groups excluding carboxylic acids is 1. The molecule has 1 aromatic rings. The molecule has 5 nitrogen and oxygen atoms in total. The second-order valence-electron chi connectivity index (χ2n) is 6.78. The highest BCUT2D eigenvalue weighted by Gasteiger charge is 2.36. The van der Waals surface area contributed by atoms with E-state index < -0.39 is 6.04 Å². The molecule has 2 aliphatic rings. The number of halogens is 1. The Hall–Kier alpha value is -1.50. The lowest BCUT2D eigenvalue weighted by atomic mass is 10.0. The third-order valence-electron chi connectivity index (χ3n) is 4.71. The summed E-state index contributed by atoms with van der Waals surface area (Å²) >= 11 is 0. The van der Waals surface area contributed by atoms with Crippen molar-refractivity contribution in [3.05, 3.63) is 35.6 Å². The first-order valence-corrected chi connectivity index (χ1v) is 8.67. The van der Waals surface area contributed by atoms with Crippen LogP contribution < -0.4 is 5.32 Å². The van der Waals surface area contributed by atoms with Crippen LogP contribution in [0.25, 0.3) is 0 Å². The summed E-state index contributed by atoms with van der Waals surface area (Å²) in [6, 6.07) is 6.51. The summed E-state index contributed by atoms with van der Waals surface area (Å²) in [5.74, 6) is -0.333. The van der Waals surface area contributed by atoms with Crippen LogP contribution in [-0.4, -0.2) is 67.2 Å². The maximum atomic E-state index is 14.4. The van der Waals surface area contributed by atoms with E-state index in [-0.39, 0.29) is 23.8 Å².